The van der Waals surface area contributed by atoms with Crippen LogP contribution in [-0.4, -0.2) is 23.4 Å². The van der Waals surface area contributed by atoms with Crippen molar-refractivity contribution in [2.75, 3.05) is 6.61 Å². The summed E-state index contributed by atoms with van der Waals surface area (Å²) in [4.78, 5) is 0. The van der Waals surface area contributed by atoms with Gasteiger partial charge in [0, 0.05) is 6.61 Å². The number of hydrogen-bond acceptors (Lipinski definition) is 2. The Bertz CT molecular complexity index is 282. The van der Waals surface area contributed by atoms with E-state index in [1.165, 1.54) is 11.1 Å². The fourth-order valence-electron chi connectivity index (χ4n) is 1.82. The molecule has 0 aromatic rings. The Balaban J connectivity index is 2.24. The van der Waals surface area contributed by atoms with Crippen LogP contribution in [0.5, 0.6) is 0 Å². The molecule has 1 aliphatic rings. The van der Waals surface area contributed by atoms with E-state index in [9.17, 15) is 5.11 Å². The molecule has 0 spiro atoms. The highest BCUT2D eigenvalue weighted by Gasteiger charge is 2.16. The third kappa shape index (κ3) is 4.95. The Kier molecular flexibility index (Phi) is 4.75. The van der Waals surface area contributed by atoms with Crippen LogP contribution in [0.4, 0.5) is 0 Å². The summed E-state index contributed by atoms with van der Waals surface area (Å²) in [6, 6.07) is 0. The van der Waals surface area contributed by atoms with E-state index in [0.717, 1.165) is 25.9 Å². The molecule has 0 heterocycles. The van der Waals surface area contributed by atoms with Crippen molar-refractivity contribution in [1.82, 2.24) is 0 Å². The van der Waals surface area contributed by atoms with Crippen LogP contribution in [0.25, 0.3) is 0 Å². The van der Waals surface area contributed by atoms with Gasteiger partial charge in [0.1, 0.15) is 0 Å². The van der Waals surface area contributed by atoms with Crippen LogP contribution >= 0.6 is 0 Å². The van der Waals surface area contributed by atoms with Crippen molar-refractivity contribution < 1.29 is 9.84 Å². The molecule has 0 saturated heterocycles. The lowest BCUT2D eigenvalue weighted by atomic mass is 9.97. The Morgan fingerprint density at radius 1 is 1.38 bits per heavy atom. The molecular weight excluding hydrogens is 200 g/mol. The van der Waals surface area contributed by atoms with Gasteiger partial charge in [-0.3, -0.25) is 0 Å². The first-order valence-corrected chi connectivity index (χ1v) is 6.06. The predicted octanol–water partition coefficient (Wildman–Crippen LogP) is 3.22. The molecule has 92 valence electrons. The van der Waals surface area contributed by atoms with E-state index in [1.807, 2.05) is 13.8 Å². The van der Waals surface area contributed by atoms with E-state index < -0.39 is 5.60 Å². The molecule has 0 bridgehead atoms. The molecule has 0 radical (unpaired) electrons. The molecule has 0 saturated carbocycles. The Hall–Kier alpha value is -0.600. The van der Waals surface area contributed by atoms with Gasteiger partial charge >= 0.3 is 0 Å². The highest BCUT2D eigenvalue weighted by atomic mass is 16.5. The minimum absolute atomic E-state index is 0.242. The van der Waals surface area contributed by atoms with E-state index in [2.05, 4.69) is 26.0 Å². The largest absolute Gasteiger partial charge is 0.390 e. The van der Waals surface area contributed by atoms with Gasteiger partial charge in [0.25, 0.3) is 0 Å². The molecule has 0 amide bonds. The summed E-state index contributed by atoms with van der Waals surface area (Å²) >= 11 is 0. The molecule has 1 N–H and O–H groups in total. The molecular formula is C14H24O2. The lowest BCUT2D eigenvalue weighted by Gasteiger charge is -2.23. The molecule has 2 nitrogen and oxygen atoms in total. The maximum atomic E-state index is 9.57. The van der Waals surface area contributed by atoms with Gasteiger partial charge in [-0.05, 0) is 52.5 Å². The lowest BCUT2D eigenvalue weighted by Crippen LogP contribution is -2.21. The topological polar surface area (TPSA) is 29.5 Å². The number of ether oxygens (including phenoxy) is 1. The van der Waals surface area contributed by atoms with Crippen molar-refractivity contribution in [3.63, 3.8) is 0 Å². The second-order valence-corrected chi connectivity index (χ2v) is 5.40. The quantitative estimate of drug-likeness (QED) is 0.727. The highest BCUT2D eigenvalue weighted by Crippen LogP contribution is 2.21. The minimum atomic E-state index is -0.573. The first-order valence-electron chi connectivity index (χ1n) is 6.06. The van der Waals surface area contributed by atoms with Gasteiger partial charge in [0.05, 0.1) is 11.7 Å². The van der Waals surface area contributed by atoms with Crippen LogP contribution in [0.3, 0.4) is 0 Å². The van der Waals surface area contributed by atoms with Crippen LogP contribution < -0.4 is 0 Å². The van der Waals surface area contributed by atoms with Gasteiger partial charge in [0.15, 0.2) is 0 Å². The van der Waals surface area contributed by atoms with E-state index in [-0.39, 0.29) is 6.10 Å². The van der Waals surface area contributed by atoms with Crippen molar-refractivity contribution in [3.05, 3.63) is 23.3 Å². The molecule has 1 rings (SSSR count). The second-order valence-electron chi connectivity index (χ2n) is 5.40. The van der Waals surface area contributed by atoms with E-state index in [0.29, 0.717) is 0 Å². The van der Waals surface area contributed by atoms with Gasteiger partial charge in [-0.25, -0.2) is 0 Å². The monoisotopic (exact) mass is 224 g/mol. The normalized spacial score (nSPS) is 21.7. The zero-order valence-corrected chi connectivity index (χ0v) is 10.9. The average molecular weight is 224 g/mol. The summed E-state index contributed by atoms with van der Waals surface area (Å²) in [5.41, 5.74) is 2.10. The van der Waals surface area contributed by atoms with Crippen LogP contribution in [0, 0.1) is 0 Å². The highest BCUT2D eigenvalue weighted by molar-refractivity contribution is 5.25. The number of allylic oxidation sites excluding steroid dienone is 2. The lowest BCUT2D eigenvalue weighted by molar-refractivity contribution is 0.0366. The molecule has 1 atom stereocenters. The van der Waals surface area contributed by atoms with E-state index in [1.54, 1.807) is 0 Å². The zero-order valence-electron chi connectivity index (χ0n) is 10.9. The van der Waals surface area contributed by atoms with Crippen molar-refractivity contribution >= 4 is 0 Å². The summed E-state index contributed by atoms with van der Waals surface area (Å²) < 4.78 is 5.84. The Morgan fingerprint density at radius 2 is 2.06 bits per heavy atom. The van der Waals surface area contributed by atoms with Gasteiger partial charge in [0.2, 0.25) is 0 Å². The van der Waals surface area contributed by atoms with Crippen LogP contribution in [0.2, 0.25) is 0 Å². The SMILES string of the molecule is CC1=CC=C(C)C(OCCCC(C)(C)O)C1. The maximum absolute atomic E-state index is 9.57. The summed E-state index contributed by atoms with van der Waals surface area (Å²) in [7, 11) is 0. The van der Waals surface area contributed by atoms with E-state index >= 15 is 0 Å². The Morgan fingerprint density at radius 3 is 2.69 bits per heavy atom. The first kappa shape index (κ1) is 13.5. The molecule has 1 aliphatic carbocycles. The average Bonchev–Trinajstić information content (AvgIpc) is 2.16. The summed E-state index contributed by atoms with van der Waals surface area (Å²) in [5.74, 6) is 0. The molecule has 0 aromatic heterocycles. The van der Waals surface area contributed by atoms with Crippen molar-refractivity contribution in [3.8, 4) is 0 Å². The summed E-state index contributed by atoms with van der Waals surface area (Å²) in [6.45, 7) is 8.66. The third-order valence-corrected chi connectivity index (χ3v) is 2.90. The standard InChI is InChI=1S/C14H24O2/c1-11-6-7-12(2)13(10-11)16-9-5-8-14(3,4)15/h6-7,13,15H,5,8-10H2,1-4H3. The van der Waals surface area contributed by atoms with Gasteiger partial charge in [-0.15, -0.1) is 0 Å². The van der Waals surface area contributed by atoms with Crippen molar-refractivity contribution in [1.29, 1.82) is 0 Å². The smallest absolute Gasteiger partial charge is 0.0822 e. The molecule has 0 aromatic carbocycles. The van der Waals surface area contributed by atoms with Crippen molar-refractivity contribution in [2.45, 2.75) is 58.7 Å². The number of rotatable bonds is 5. The predicted molar refractivity (Wildman–Crippen MR) is 67.4 cm³/mol. The number of aliphatic hydroxyl groups is 1. The minimum Gasteiger partial charge on any atom is -0.390 e. The van der Waals surface area contributed by atoms with Gasteiger partial charge < -0.3 is 9.84 Å². The van der Waals surface area contributed by atoms with Crippen LogP contribution in [-0.2, 0) is 4.74 Å². The van der Waals surface area contributed by atoms with Crippen LogP contribution in [0.15, 0.2) is 23.3 Å². The van der Waals surface area contributed by atoms with Gasteiger partial charge in [-0.2, -0.15) is 0 Å². The molecule has 1 unspecified atom stereocenters. The zero-order chi connectivity index (χ0) is 12.2. The number of hydrogen-bond donors (Lipinski definition) is 1. The van der Waals surface area contributed by atoms with E-state index in [4.69, 9.17) is 4.74 Å². The fraction of sp³-hybridized carbons (Fsp3) is 0.714. The molecule has 0 fully saturated rings. The van der Waals surface area contributed by atoms with Crippen molar-refractivity contribution in [2.24, 2.45) is 0 Å². The third-order valence-electron chi connectivity index (χ3n) is 2.90. The summed E-state index contributed by atoms with van der Waals surface area (Å²) in [6.07, 6.45) is 7.25. The first-order chi connectivity index (χ1) is 7.38. The maximum Gasteiger partial charge on any atom is 0.0822 e. The fourth-order valence-corrected chi connectivity index (χ4v) is 1.82. The van der Waals surface area contributed by atoms with Gasteiger partial charge in [-0.1, -0.05) is 17.7 Å². The molecule has 2 heteroatoms. The Labute approximate surface area is 99.0 Å². The second kappa shape index (κ2) is 5.65. The molecule has 0 aliphatic heterocycles. The molecule has 16 heavy (non-hydrogen) atoms. The summed E-state index contributed by atoms with van der Waals surface area (Å²) in [5, 5.41) is 9.57. The van der Waals surface area contributed by atoms with Crippen LogP contribution in [0.1, 0.15) is 47.0 Å².